The molecule has 0 spiro atoms. The van der Waals surface area contributed by atoms with Gasteiger partial charge in [0.2, 0.25) is 0 Å². The highest BCUT2D eigenvalue weighted by Crippen LogP contribution is 2.23. The molecule has 0 aromatic rings. The Balaban J connectivity index is 3.52. The molecule has 1 N–H and O–H groups in total. The maximum atomic E-state index is 12.3. The summed E-state index contributed by atoms with van der Waals surface area (Å²) < 4.78 is 10.9. The number of carbonyl (C=O) groups is 2. The first-order valence-electron chi connectivity index (χ1n) is 19.2. The van der Waals surface area contributed by atoms with E-state index in [9.17, 15) is 9.59 Å². The van der Waals surface area contributed by atoms with E-state index in [1.54, 1.807) is 0 Å². The van der Waals surface area contributed by atoms with E-state index in [0.717, 1.165) is 64.5 Å². The van der Waals surface area contributed by atoms with Crippen molar-refractivity contribution in [1.29, 1.82) is 0 Å². The van der Waals surface area contributed by atoms with Crippen LogP contribution in [-0.2, 0) is 19.1 Å². The summed E-state index contributed by atoms with van der Waals surface area (Å²) >= 11 is 0. The first-order chi connectivity index (χ1) is 21.1. The number of carbonyl (C=O) groups excluding carboxylic acids is 2. The molecule has 0 amide bonds. The maximum Gasteiger partial charge on any atom is 0.305 e. The zero-order valence-corrected chi connectivity index (χ0v) is 29.3. The van der Waals surface area contributed by atoms with Crippen molar-refractivity contribution in [3.8, 4) is 0 Å². The van der Waals surface area contributed by atoms with E-state index >= 15 is 0 Å². The molecule has 5 heteroatoms. The molecule has 0 bridgehead atoms. The van der Waals surface area contributed by atoms with Gasteiger partial charge in [0, 0.05) is 12.8 Å². The van der Waals surface area contributed by atoms with E-state index in [-0.39, 0.29) is 11.9 Å². The van der Waals surface area contributed by atoms with Crippen molar-refractivity contribution in [3.63, 3.8) is 0 Å². The van der Waals surface area contributed by atoms with Crippen LogP contribution in [0, 0.1) is 5.92 Å². The minimum Gasteiger partial charge on any atom is -0.466 e. The third-order valence-electron chi connectivity index (χ3n) is 8.69. The number of unbranched alkanes of at least 4 members (excludes halogenated alkanes) is 18. The van der Waals surface area contributed by atoms with Crippen LogP contribution in [0.3, 0.4) is 0 Å². The third kappa shape index (κ3) is 33.6. The Hall–Kier alpha value is -1.10. The van der Waals surface area contributed by atoms with Gasteiger partial charge in [0.05, 0.1) is 13.2 Å². The highest BCUT2D eigenvalue weighted by molar-refractivity contribution is 5.69. The van der Waals surface area contributed by atoms with Crippen LogP contribution >= 0.6 is 0 Å². The highest BCUT2D eigenvalue weighted by Gasteiger charge is 2.12. The van der Waals surface area contributed by atoms with E-state index in [2.05, 4.69) is 26.1 Å². The topological polar surface area (TPSA) is 64.6 Å². The van der Waals surface area contributed by atoms with Crippen molar-refractivity contribution in [3.05, 3.63) is 0 Å². The number of nitrogens with one attached hydrogen (secondary N) is 1. The molecule has 43 heavy (non-hydrogen) atoms. The molecule has 0 atom stereocenters. The van der Waals surface area contributed by atoms with Crippen LogP contribution in [0.15, 0.2) is 0 Å². The molecular formula is C38H75NO4. The van der Waals surface area contributed by atoms with E-state index in [0.29, 0.717) is 32.0 Å². The monoisotopic (exact) mass is 610 g/mol. The van der Waals surface area contributed by atoms with Gasteiger partial charge in [0.15, 0.2) is 0 Å². The van der Waals surface area contributed by atoms with Crippen LogP contribution in [0.4, 0.5) is 0 Å². The van der Waals surface area contributed by atoms with E-state index in [1.165, 1.54) is 116 Å². The zero-order chi connectivity index (χ0) is 31.5. The molecule has 0 unspecified atom stereocenters. The number of hydrogen-bond donors (Lipinski definition) is 1. The standard InChI is InChI=1S/C38H75NO4/c1-4-7-10-13-14-15-16-17-25-34-42-37(40)29-22-18-23-32-39-33-24-19-26-35-43-38(41)31-30-36(27-20-11-8-5-2)28-21-12-9-6-3/h36,39H,4-35H2,1-3H3. The largest absolute Gasteiger partial charge is 0.466 e. The van der Waals surface area contributed by atoms with Gasteiger partial charge in [-0.2, -0.15) is 0 Å². The molecule has 0 rings (SSSR count). The van der Waals surface area contributed by atoms with Gasteiger partial charge in [0.1, 0.15) is 0 Å². The summed E-state index contributed by atoms with van der Waals surface area (Å²) in [6.07, 6.45) is 33.0. The lowest BCUT2D eigenvalue weighted by Gasteiger charge is -2.16. The molecule has 0 fully saturated rings. The third-order valence-corrected chi connectivity index (χ3v) is 8.69. The summed E-state index contributed by atoms with van der Waals surface area (Å²) in [6, 6.07) is 0. The fourth-order valence-electron chi connectivity index (χ4n) is 5.75. The van der Waals surface area contributed by atoms with Gasteiger partial charge in [-0.15, -0.1) is 0 Å². The second-order valence-corrected chi connectivity index (χ2v) is 13.0. The molecule has 5 nitrogen and oxygen atoms in total. The molecule has 0 aromatic carbocycles. The predicted molar refractivity (Wildman–Crippen MR) is 185 cm³/mol. The highest BCUT2D eigenvalue weighted by atomic mass is 16.5. The van der Waals surface area contributed by atoms with Gasteiger partial charge in [-0.05, 0) is 64.0 Å². The van der Waals surface area contributed by atoms with Crippen LogP contribution < -0.4 is 5.32 Å². The molecule has 0 saturated heterocycles. The van der Waals surface area contributed by atoms with Crippen molar-refractivity contribution < 1.29 is 19.1 Å². The summed E-state index contributed by atoms with van der Waals surface area (Å²) in [5.74, 6) is 0.658. The van der Waals surface area contributed by atoms with Crippen molar-refractivity contribution in [2.75, 3.05) is 26.3 Å². The number of esters is 2. The average molecular weight is 610 g/mol. The molecule has 0 aliphatic heterocycles. The maximum absolute atomic E-state index is 12.3. The van der Waals surface area contributed by atoms with E-state index in [4.69, 9.17) is 9.47 Å². The Kier molecular flexibility index (Phi) is 34.5. The second kappa shape index (κ2) is 35.4. The van der Waals surface area contributed by atoms with Crippen LogP contribution in [0.1, 0.15) is 201 Å². The molecule has 0 radical (unpaired) electrons. The van der Waals surface area contributed by atoms with Crippen LogP contribution in [0.2, 0.25) is 0 Å². The first kappa shape index (κ1) is 41.9. The molecule has 0 aliphatic rings. The average Bonchev–Trinajstić information content (AvgIpc) is 3.01. The smallest absolute Gasteiger partial charge is 0.305 e. The van der Waals surface area contributed by atoms with Gasteiger partial charge in [-0.25, -0.2) is 0 Å². The zero-order valence-electron chi connectivity index (χ0n) is 29.3. The SMILES string of the molecule is CCCCCCCCCCCOC(=O)CCCCCNCCCCCOC(=O)CCC(CCCCCC)CCCCCC. The van der Waals surface area contributed by atoms with E-state index < -0.39 is 0 Å². The van der Waals surface area contributed by atoms with Crippen LogP contribution in [0.5, 0.6) is 0 Å². The summed E-state index contributed by atoms with van der Waals surface area (Å²) in [5.41, 5.74) is 0. The predicted octanol–water partition coefficient (Wildman–Crippen LogP) is 11.3. The minimum atomic E-state index is -0.0298. The normalized spacial score (nSPS) is 11.3. The van der Waals surface area contributed by atoms with Crippen molar-refractivity contribution >= 4 is 11.9 Å². The van der Waals surface area contributed by atoms with Gasteiger partial charge < -0.3 is 14.8 Å². The van der Waals surface area contributed by atoms with Gasteiger partial charge in [-0.1, -0.05) is 143 Å². The Labute approximate surface area is 268 Å². The van der Waals surface area contributed by atoms with Gasteiger partial charge in [-0.3, -0.25) is 9.59 Å². The Morgan fingerprint density at radius 1 is 0.442 bits per heavy atom. The van der Waals surface area contributed by atoms with E-state index in [1.807, 2.05) is 0 Å². The number of hydrogen-bond acceptors (Lipinski definition) is 5. The lowest BCUT2D eigenvalue weighted by molar-refractivity contribution is -0.145. The summed E-state index contributed by atoms with van der Waals surface area (Å²) in [7, 11) is 0. The fraction of sp³-hybridized carbons (Fsp3) is 0.947. The Bertz CT molecular complexity index is 570. The lowest BCUT2D eigenvalue weighted by Crippen LogP contribution is -2.17. The second-order valence-electron chi connectivity index (χ2n) is 13.0. The van der Waals surface area contributed by atoms with Crippen molar-refractivity contribution in [2.24, 2.45) is 5.92 Å². The molecule has 0 heterocycles. The Morgan fingerprint density at radius 3 is 1.35 bits per heavy atom. The first-order valence-corrected chi connectivity index (χ1v) is 19.2. The van der Waals surface area contributed by atoms with Crippen molar-refractivity contribution in [2.45, 2.75) is 201 Å². The molecule has 0 aromatic heterocycles. The van der Waals surface area contributed by atoms with Gasteiger partial charge in [0.25, 0.3) is 0 Å². The number of ether oxygens (including phenoxy) is 2. The van der Waals surface area contributed by atoms with Gasteiger partial charge >= 0.3 is 11.9 Å². The lowest BCUT2D eigenvalue weighted by atomic mass is 9.90. The minimum absolute atomic E-state index is 0.00220. The summed E-state index contributed by atoms with van der Waals surface area (Å²) in [4.78, 5) is 24.2. The summed E-state index contributed by atoms with van der Waals surface area (Å²) in [5, 5.41) is 3.50. The quantitative estimate of drug-likeness (QED) is 0.0572. The molecule has 0 aliphatic carbocycles. The summed E-state index contributed by atoms with van der Waals surface area (Å²) in [6.45, 7) is 9.94. The van der Waals surface area contributed by atoms with Crippen LogP contribution in [-0.4, -0.2) is 38.2 Å². The molecular weight excluding hydrogens is 534 g/mol. The van der Waals surface area contributed by atoms with Crippen molar-refractivity contribution in [1.82, 2.24) is 5.32 Å². The fourth-order valence-corrected chi connectivity index (χ4v) is 5.75. The molecule has 0 saturated carbocycles. The Morgan fingerprint density at radius 2 is 0.837 bits per heavy atom. The number of rotatable bonds is 35. The molecule has 256 valence electrons. The van der Waals surface area contributed by atoms with Crippen LogP contribution in [0.25, 0.3) is 0 Å².